The molecule has 0 bridgehead atoms. The molecule has 0 aliphatic heterocycles. The van der Waals surface area contributed by atoms with Crippen LogP contribution in [0.15, 0.2) is 17.2 Å². The van der Waals surface area contributed by atoms with Gasteiger partial charge in [0.05, 0.1) is 6.20 Å². The molecule has 0 amide bonds. The summed E-state index contributed by atoms with van der Waals surface area (Å²) in [4.78, 5) is 20.9. The Bertz CT molecular complexity index is 687. The van der Waals surface area contributed by atoms with Crippen LogP contribution in [0.2, 0.25) is 5.02 Å². The summed E-state index contributed by atoms with van der Waals surface area (Å²) in [6.07, 6.45) is 9.08. The summed E-state index contributed by atoms with van der Waals surface area (Å²) in [5.41, 5.74) is 0.769. The lowest BCUT2D eigenvalue weighted by Crippen LogP contribution is -2.22. The number of aromatic amines is 1. The van der Waals surface area contributed by atoms with Crippen molar-refractivity contribution in [2.75, 3.05) is 12.4 Å². The molecule has 0 saturated heterocycles. The molecule has 1 aliphatic carbocycles. The summed E-state index contributed by atoms with van der Waals surface area (Å²) in [6.45, 7) is 0. The SMILES string of the molecule is CNc1nc(-n2[nH]cc(C3CCCCC3)c2=O)ncc1Cl. The molecule has 0 spiro atoms. The van der Waals surface area contributed by atoms with Gasteiger partial charge in [-0.15, -0.1) is 0 Å². The molecular weight excluding hydrogens is 290 g/mol. The number of anilines is 1. The number of hydrogen-bond donors (Lipinski definition) is 2. The van der Waals surface area contributed by atoms with E-state index in [1.807, 2.05) is 0 Å². The Kier molecular flexibility index (Phi) is 3.96. The highest BCUT2D eigenvalue weighted by molar-refractivity contribution is 6.32. The van der Waals surface area contributed by atoms with Gasteiger partial charge in [0, 0.05) is 18.8 Å². The van der Waals surface area contributed by atoms with E-state index in [0.717, 1.165) is 18.4 Å². The second-order valence-corrected chi connectivity index (χ2v) is 5.73. The van der Waals surface area contributed by atoms with Crippen molar-refractivity contribution in [3.63, 3.8) is 0 Å². The smallest absolute Gasteiger partial charge is 0.277 e. The molecule has 112 valence electrons. The largest absolute Gasteiger partial charge is 0.372 e. The minimum absolute atomic E-state index is 0.0636. The van der Waals surface area contributed by atoms with Gasteiger partial charge in [0.2, 0.25) is 0 Å². The number of halogens is 1. The maximum Gasteiger partial charge on any atom is 0.277 e. The van der Waals surface area contributed by atoms with Crippen molar-refractivity contribution in [3.8, 4) is 5.95 Å². The van der Waals surface area contributed by atoms with E-state index < -0.39 is 0 Å². The van der Waals surface area contributed by atoms with Gasteiger partial charge in [-0.1, -0.05) is 30.9 Å². The van der Waals surface area contributed by atoms with Crippen LogP contribution in [0.25, 0.3) is 5.95 Å². The maximum atomic E-state index is 12.6. The molecule has 1 saturated carbocycles. The third-order valence-corrected chi connectivity index (χ3v) is 4.29. The zero-order valence-corrected chi connectivity index (χ0v) is 12.7. The van der Waals surface area contributed by atoms with Crippen molar-refractivity contribution in [1.82, 2.24) is 19.7 Å². The van der Waals surface area contributed by atoms with Crippen molar-refractivity contribution in [1.29, 1.82) is 0 Å². The fourth-order valence-corrected chi connectivity index (χ4v) is 3.06. The van der Waals surface area contributed by atoms with Gasteiger partial charge in [0.15, 0.2) is 0 Å². The Morgan fingerprint density at radius 1 is 1.38 bits per heavy atom. The fraction of sp³-hybridized carbons (Fsp3) is 0.500. The van der Waals surface area contributed by atoms with E-state index in [1.54, 1.807) is 13.2 Å². The minimum Gasteiger partial charge on any atom is -0.372 e. The van der Waals surface area contributed by atoms with Gasteiger partial charge in [-0.25, -0.2) is 4.98 Å². The molecule has 0 atom stereocenters. The summed E-state index contributed by atoms with van der Waals surface area (Å²) in [5.74, 6) is 1.15. The van der Waals surface area contributed by atoms with Crippen LogP contribution >= 0.6 is 11.6 Å². The summed E-state index contributed by atoms with van der Waals surface area (Å²) >= 11 is 5.97. The Balaban J connectivity index is 1.96. The molecular formula is C14H18ClN5O. The maximum absolute atomic E-state index is 12.6. The number of H-pyrrole nitrogens is 1. The Hall–Kier alpha value is -1.82. The van der Waals surface area contributed by atoms with E-state index in [-0.39, 0.29) is 5.56 Å². The third kappa shape index (κ3) is 2.68. The molecule has 0 aromatic carbocycles. The monoisotopic (exact) mass is 307 g/mol. The lowest BCUT2D eigenvalue weighted by atomic mass is 9.85. The van der Waals surface area contributed by atoms with Gasteiger partial charge in [0.1, 0.15) is 10.8 Å². The molecule has 2 N–H and O–H groups in total. The molecule has 3 rings (SSSR count). The highest BCUT2D eigenvalue weighted by Crippen LogP contribution is 2.30. The topological polar surface area (TPSA) is 75.6 Å². The predicted molar refractivity (Wildman–Crippen MR) is 82.4 cm³/mol. The molecule has 2 aromatic rings. The molecule has 0 unspecified atom stereocenters. The van der Waals surface area contributed by atoms with Gasteiger partial charge < -0.3 is 5.32 Å². The molecule has 1 aliphatic rings. The predicted octanol–water partition coefficient (Wildman–Crippen LogP) is 2.70. The van der Waals surface area contributed by atoms with E-state index in [4.69, 9.17) is 11.6 Å². The normalized spacial score (nSPS) is 16.1. The molecule has 7 heteroatoms. The van der Waals surface area contributed by atoms with Crippen LogP contribution in [0.1, 0.15) is 43.6 Å². The zero-order valence-electron chi connectivity index (χ0n) is 11.9. The van der Waals surface area contributed by atoms with Crippen LogP contribution in [0.5, 0.6) is 0 Å². The summed E-state index contributed by atoms with van der Waals surface area (Å²) in [6, 6.07) is 0. The van der Waals surface area contributed by atoms with Crippen molar-refractivity contribution < 1.29 is 0 Å². The molecule has 21 heavy (non-hydrogen) atoms. The van der Waals surface area contributed by atoms with Crippen molar-refractivity contribution in [2.24, 2.45) is 0 Å². The molecule has 1 fully saturated rings. The van der Waals surface area contributed by atoms with Crippen molar-refractivity contribution in [2.45, 2.75) is 38.0 Å². The summed E-state index contributed by atoms with van der Waals surface area (Å²) in [7, 11) is 1.73. The van der Waals surface area contributed by atoms with Gasteiger partial charge in [0.25, 0.3) is 11.5 Å². The first-order valence-electron chi connectivity index (χ1n) is 7.21. The van der Waals surface area contributed by atoms with Crippen LogP contribution in [-0.2, 0) is 0 Å². The third-order valence-electron chi connectivity index (χ3n) is 4.01. The van der Waals surface area contributed by atoms with E-state index in [2.05, 4.69) is 20.4 Å². The van der Waals surface area contributed by atoms with Crippen LogP contribution in [0.3, 0.4) is 0 Å². The fourth-order valence-electron chi connectivity index (χ4n) is 2.88. The highest BCUT2D eigenvalue weighted by atomic mass is 35.5. The lowest BCUT2D eigenvalue weighted by molar-refractivity contribution is 0.442. The average molecular weight is 308 g/mol. The first kappa shape index (κ1) is 14.1. The van der Waals surface area contributed by atoms with Crippen molar-refractivity contribution in [3.05, 3.63) is 33.3 Å². The molecule has 6 nitrogen and oxygen atoms in total. The Labute approximate surface area is 127 Å². The van der Waals surface area contributed by atoms with E-state index in [9.17, 15) is 4.79 Å². The van der Waals surface area contributed by atoms with Crippen LogP contribution in [0.4, 0.5) is 5.82 Å². The number of aromatic nitrogens is 4. The van der Waals surface area contributed by atoms with Gasteiger partial charge in [-0.3, -0.25) is 9.89 Å². The molecule has 2 heterocycles. The second kappa shape index (κ2) is 5.89. The lowest BCUT2D eigenvalue weighted by Gasteiger charge is -2.19. The number of nitrogens with one attached hydrogen (secondary N) is 2. The highest BCUT2D eigenvalue weighted by Gasteiger charge is 2.21. The minimum atomic E-state index is -0.0636. The quantitative estimate of drug-likeness (QED) is 0.914. The number of rotatable bonds is 3. The first-order valence-corrected chi connectivity index (χ1v) is 7.59. The van der Waals surface area contributed by atoms with Crippen LogP contribution in [0, 0.1) is 0 Å². The number of nitrogens with zero attached hydrogens (tertiary/aromatic N) is 3. The first-order chi connectivity index (χ1) is 10.2. The average Bonchev–Trinajstić information content (AvgIpc) is 2.90. The number of hydrogen-bond acceptors (Lipinski definition) is 4. The zero-order chi connectivity index (χ0) is 14.8. The molecule has 0 radical (unpaired) electrons. The van der Waals surface area contributed by atoms with Crippen LogP contribution < -0.4 is 10.9 Å². The second-order valence-electron chi connectivity index (χ2n) is 5.32. The summed E-state index contributed by atoms with van der Waals surface area (Å²) < 4.78 is 1.38. The van der Waals surface area contributed by atoms with Crippen LogP contribution in [-0.4, -0.2) is 26.8 Å². The summed E-state index contributed by atoms with van der Waals surface area (Å²) in [5, 5.41) is 6.27. The van der Waals surface area contributed by atoms with E-state index in [0.29, 0.717) is 22.7 Å². The Morgan fingerprint density at radius 3 is 2.86 bits per heavy atom. The van der Waals surface area contributed by atoms with Gasteiger partial charge >= 0.3 is 0 Å². The standard InChI is InChI=1S/C14H18ClN5O/c1-16-12-11(15)8-17-14(19-12)20-13(21)10(7-18-20)9-5-3-2-4-6-9/h7-9,18H,2-6H2,1H3,(H,16,17,19). The Morgan fingerprint density at radius 2 is 2.14 bits per heavy atom. The van der Waals surface area contributed by atoms with Crippen molar-refractivity contribution >= 4 is 17.4 Å². The van der Waals surface area contributed by atoms with E-state index in [1.165, 1.54) is 30.1 Å². The molecule has 2 aromatic heterocycles. The van der Waals surface area contributed by atoms with Gasteiger partial charge in [-0.05, 0) is 18.8 Å². The van der Waals surface area contributed by atoms with Gasteiger partial charge in [-0.2, -0.15) is 9.67 Å². The van der Waals surface area contributed by atoms with E-state index >= 15 is 0 Å².